The van der Waals surface area contributed by atoms with Crippen LogP contribution in [0.1, 0.15) is 0 Å². The van der Waals surface area contributed by atoms with Gasteiger partial charge in [0.25, 0.3) is 0 Å². The monoisotopic (exact) mass is 324 g/mol. The van der Waals surface area contributed by atoms with Gasteiger partial charge in [0, 0.05) is 17.4 Å². The van der Waals surface area contributed by atoms with Crippen molar-refractivity contribution < 1.29 is 23.8 Å². The van der Waals surface area contributed by atoms with E-state index in [0.29, 0.717) is 17.1 Å². The second kappa shape index (κ2) is 5.62. The summed E-state index contributed by atoms with van der Waals surface area (Å²) in [7, 11) is 0. The fourth-order valence-electron chi connectivity index (χ4n) is 2.42. The summed E-state index contributed by atoms with van der Waals surface area (Å²) in [6, 6.07) is 4.92. The molecular weight excluding hydrogens is 311 g/mol. The number of carbonyl (C=O) groups excluding carboxylic acids is 1. The Hall–Kier alpha value is -2.06. The van der Waals surface area contributed by atoms with Crippen LogP contribution in [0.3, 0.4) is 0 Å². The van der Waals surface area contributed by atoms with Gasteiger partial charge < -0.3 is 15.6 Å². The minimum absolute atomic E-state index is 0.0240. The Balaban J connectivity index is 1.81. The van der Waals surface area contributed by atoms with Crippen LogP contribution in [-0.2, 0) is 9.59 Å². The lowest BCUT2D eigenvalue weighted by Gasteiger charge is -2.47. The van der Waals surface area contributed by atoms with Crippen molar-refractivity contribution in [3.63, 3.8) is 0 Å². The molecule has 1 aromatic rings. The van der Waals surface area contributed by atoms with Gasteiger partial charge in [0.2, 0.25) is 5.91 Å². The molecule has 1 aromatic carbocycles. The Morgan fingerprint density at radius 3 is 3.00 bits per heavy atom. The topological polar surface area (TPSA) is 92.9 Å². The number of aliphatic carboxylic acids is 1. The van der Waals surface area contributed by atoms with Gasteiger partial charge in [-0.3, -0.25) is 9.69 Å². The highest BCUT2D eigenvalue weighted by molar-refractivity contribution is 8.00. The SMILES string of the molecule is NC1C(=O)N2C(C(=O)O)=C(COc3cccc(F)c3)CS[C@@H]12. The lowest BCUT2D eigenvalue weighted by atomic mass is 10.0. The van der Waals surface area contributed by atoms with E-state index in [4.69, 9.17) is 10.5 Å². The van der Waals surface area contributed by atoms with Crippen LogP contribution in [0.25, 0.3) is 0 Å². The van der Waals surface area contributed by atoms with E-state index >= 15 is 0 Å². The first kappa shape index (κ1) is 14.9. The van der Waals surface area contributed by atoms with Gasteiger partial charge in [-0.2, -0.15) is 0 Å². The molecule has 2 heterocycles. The first-order valence-corrected chi connectivity index (χ1v) is 7.58. The molecule has 0 saturated carbocycles. The van der Waals surface area contributed by atoms with Crippen molar-refractivity contribution in [1.82, 2.24) is 4.90 Å². The highest BCUT2D eigenvalue weighted by atomic mass is 32.2. The molecule has 6 nitrogen and oxygen atoms in total. The zero-order valence-electron chi connectivity index (χ0n) is 11.4. The minimum atomic E-state index is -1.19. The number of fused-ring (bicyclic) bond motifs is 1. The summed E-state index contributed by atoms with van der Waals surface area (Å²) in [5.74, 6) is -1.33. The number of hydrogen-bond acceptors (Lipinski definition) is 5. The maximum absolute atomic E-state index is 13.1. The lowest BCUT2D eigenvalue weighted by molar-refractivity contribution is -0.148. The number of thioether (sulfide) groups is 1. The van der Waals surface area contributed by atoms with Gasteiger partial charge in [-0.25, -0.2) is 9.18 Å². The molecule has 2 aliphatic rings. The number of β-lactam (4-membered cyclic amide) rings is 1. The van der Waals surface area contributed by atoms with Crippen LogP contribution in [0.2, 0.25) is 0 Å². The summed E-state index contributed by atoms with van der Waals surface area (Å²) < 4.78 is 18.5. The maximum Gasteiger partial charge on any atom is 0.352 e. The first-order chi connectivity index (χ1) is 10.5. The smallest absolute Gasteiger partial charge is 0.352 e. The molecule has 0 aromatic heterocycles. The van der Waals surface area contributed by atoms with E-state index in [0.717, 1.165) is 0 Å². The van der Waals surface area contributed by atoms with Gasteiger partial charge in [0.15, 0.2) is 0 Å². The molecule has 0 spiro atoms. The van der Waals surface area contributed by atoms with Crippen LogP contribution >= 0.6 is 11.8 Å². The zero-order chi connectivity index (χ0) is 15.9. The predicted molar refractivity (Wildman–Crippen MR) is 77.6 cm³/mol. The maximum atomic E-state index is 13.1. The zero-order valence-corrected chi connectivity index (χ0v) is 12.2. The highest BCUT2D eigenvalue weighted by Crippen LogP contribution is 2.39. The van der Waals surface area contributed by atoms with Crippen molar-refractivity contribution in [2.75, 3.05) is 12.4 Å². The van der Waals surface area contributed by atoms with Gasteiger partial charge in [-0.1, -0.05) is 6.07 Å². The van der Waals surface area contributed by atoms with Crippen molar-refractivity contribution in [3.8, 4) is 5.75 Å². The van der Waals surface area contributed by atoms with E-state index in [2.05, 4.69) is 0 Å². The van der Waals surface area contributed by atoms with E-state index in [-0.39, 0.29) is 17.7 Å². The third-order valence-corrected chi connectivity index (χ3v) is 4.86. The molecule has 1 amide bonds. The number of carbonyl (C=O) groups is 2. The van der Waals surface area contributed by atoms with Crippen LogP contribution in [0.4, 0.5) is 4.39 Å². The van der Waals surface area contributed by atoms with Crippen LogP contribution in [0, 0.1) is 5.82 Å². The van der Waals surface area contributed by atoms with Crippen molar-refractivity contribution in [1.29, 1.82) is 0 Å². The third kappa shape index (κ3) is 2.44. The minimum Gasteiger partial charge on any atom is -0.489 e. The molecule has 2 atom stereocenters. The molecular formula is C14H13FN2O4S. The first-order valence-electron chi connectivity index (χ1n) is 6.53. The van der Waals surface area contributed by atoms with Gasteiger partial charge in [0.05, 0.1) is 0 Å². The Kier molecular flexibility index (Phi) is 3.79. The number of hydrogen-bond donors (Lipinski definition) is 2. The Labute approximate surface area is 129 Å². The number of amides is 1. The Morgan fingerprint density at radius 1 is 1.55 bits per heavy atom. The van der Waals surface area contributed by atoms with E-state index < -0.39 is 23.7 Å². The summed E-state index contributed by atoms with van der Waals surface area (Å²) in [5.41, 5.74) is 6.06. The molecule has 1 fully saturated rings. The standard InChI is InChI=1S/C14H13FN2O4S/c15-8-2-1-3-9(4-8)21-5-7-6-22-13-10(16)12(18)17(13)11(7)14(19)20/h1-4,10,13H,5-6,16H2,(H,19,20)/t10?,13-/m0/s1. The normalized spacial score (nSPS) is 23.9. The van der Waals surface area contributed by atoms with Crippen LogP contribution < -0.4 is 10.5 Å². The molecule has 1 saturated heterocycles. The van der Waals surface area contributed by atoms with Gasteiger partial charge in [-0.15, -0.1) is 11.8 Å². The van der Waals surface area contributed by atoms with E-state index in [1.165, 1.54) is 34.9 Å². The average molecular weight is 324 g/mol. The molecule has 1 unspecified atom stereocenters. The quantitative estimate of drug-likeness (QED) is 0.795. The van der Waals surface area contributed by atoms with Crippen molar-refractivity contribution in [2.45, 2.75) is 11.4 Å². The Bertz CT molecular complexity index is 679. The summed E-state index contributed by atoms with van der Waals surface area (Å²) in [6.07, 6.45) is 0. The van der Waals surface area contributed by atoms with Crippen molar-refractivity contribution in [3.05, 3.63) is 41.4 Å². The number of carboxylic acids is 1. The number of rotatable bonds is 4. The predicted octanol–water partition coefficient (Wildman–Crippen LogP) is 0.786. The number of carboxylic acid groups (broad SMARTS) is 1. The molecule has 0 radical (unpaired) electrons. The van der Waals surface area contributed by atoms with E-state index in [1.54, 1.807) is 6.07 Å². The average Bonchev–Trinajstić information content (AvgIpc) is 2.51. The molecule has 8 heteroatoms. The summed E-state index contributed by atoms with van der Waals surface area (Å²) in [5, 5.41) is 9.02. The molecule has 0 aliphatic carbocycles. The molecule has 3 rings (SSSR count). The third-order valence-electron chi connectivity index (χ3n) is 3.50. The molecule has 116 valence electrons. The number of benzene rings is 1. The fraction of sp³-hybridized carbons (Fsp3) is 0.286. The van der Waals surface area contributed by atoms with Gasteiger partial charge >= 0.3 is 5.97 Å². The van der Waals surface area contributed by atoms with E-state index in [1.807, 2.05) is 0 Å². The number of nitrogens with zero attached hydrogens (tertiary/aromatic N) is 1. The Morgan fingerprint density at radius 2 is 2.32 bits per heavy atom. The van der Waals surface area contributed by atoms with Crippen molar-refractivity contribution >= 4 is 23.6 Å². The number of ether oxygens (including phenoxy) is 1. The van der Waals surface area contributed by atoms with Gasteiger partial charge in [0.1, 0.15) is 35.3 Å². The van der Waals surface area contributed by atoms with Crippen LogP contribution in [0.15, 0.2) is 35.5 Å². The molecule has 22 heavy (non-hydrogen) atoms. The second-order valence-corrected chi connectivity index (χ2v) is 6.04. The number of nitrogens with two attached hydrogens (primary N) is 1. The fourth-order valence-corrected chi connectivity index (χ4v) is 3.69. The summed E-state index contributed by atoms with van der Waals surface area (Å²) in [6.45, 7) is -0.0240. The van der Waals surface area contributed by atoms with Crippen LogP contribution in [-0.4, -0.2) is 45.7 Å². The largest absolute Gasteiger partial charge is 0.489 e. The van der Waals surface area contributed by atoms with E-state index in [9.17, 15) is 19.1 Å². The van der Waals surface area contributed by atoms with Crippen molar-refractivity contribution in [2.24, 2.45) is 5.73 Å². The molecule has 2 aliphatic heterocycles. The summed E-state index contributed by atoms with van der Waals surface area (Å²) >= 11 is 1.40. The molecule has 3 N–H and O–H groups in total. The summed E-state index contributed by atoms with van der Waals surface area (Å²) in [4.78, 5) is 24.4. The lowest BCUT2D eigenvalue weighted by Crippen LogP contribution is -2.68. The second-order valence-electron chi connectivity index (χ2n) is 4.94. The van der Waals surface area contributed by atoms with Gasteiger partial charge in [-0.05, 0) is 12.1 Å². The molecule has 0 bridgehead atoms. The highest BCUT2D eigenvalue weighted by Gasteiger charge is 2.51. The van der Waals surface area contributed by atoms with Crippen LogP contribution in [0.5, 0.6) is 5.75 Å². The number of halogens is 1.